The number of carbonyl (C=O) groups excluding carboxylic acids is 2. The molecule has 4 rings (SSSR count). The summed E-state index contributed by atoms with van der Waals surface area (Å²) in [7, 11) is 0. The number of nitrogens with zero attached hydrogens (tertiary/aromatic N) is 2. The molecule has 0 radical (unpaired) electrons. The number of anilines is 1. The number of azo groups is 1. The summed E-state index contributed by atoms with van der Waals surface area (Å²) in [6, 6.07) is 15.0. The van der Waals surface area contributed by atoms with E-state index in [0.717, 1.165) is 36.1 Å². The molecule has 0 saturated carbocycles. The lowest BCUT2D eigenvalue weighted by atomic mass is 9.95. The lowest BCUT2D eigenvalue weighted by Gasteiger charge is -2.11. The molecule has 1 aliphatic carbocycles. The Kier molecular flexibility index (Phi) is 5.48. The molecule has 0 fully saturated rings. The Morgan fingerprint density at radius 1 is 0.966 bits per heavy atom. The predicted octanol–water partition coefficient (Wildman–Crippen LogP) is 5.51. The van der Waals surface area contributed by atoms with Gasteiger partial charge >= 0.3 is 0 Å². The molecule has 1 heterocycles. The average Bonchev–Trinajstić information content (AvgIpc) is 3.11. The highest BCUT2D eigenvalue weighted by Crippen LogP contribution is 2.39. The van der Waals surface area contributed by atoms with Crippen molar-refractivity contribution in [2.24, 2.45) is 10.2 Å². The molecular weight excluding hydrogens is 386 g/mol. The van der Waals surface area contributed by atoms with Crippen LogP contribution < -0.4 is 5.32 Å². The van der Waals surface area contributed by atoms with Gasteiger partial charge in [-0.05, 0) is 67.6 Å². The number of aryl methyl sites for hydroxylation is 1. The van der Waals surface area contributed by atoms with Gasteiger partial charge in [0.15, 0.2) is 0 Å². The zero-order valence-corrected chi connectivity index (χ0v) is 16.4. The molecule has 1 aliphatic rings. The number of phenolic OH excluding ortho intramolecular Hbond substituents is 1. The minimum atomic E-state index is -0.471. The SMILES string of the molecule is O=C(Nc1sc2c(c1C(=O)N=Nc1ccc(O)cc1)CCCC2)c1ccccc1. The maximum Gasteiger partial charge on any atom is 0.298 e. The van der Waals surface area contributed by atoms with Crippen LogP contribution in [-0.4, -0.2) is 16.9 Å². The van der Waals surface area contributed by atoms with Gasteiger partial charge in [-0.1, -0.05) is 18.2 Å². The van der Waals surface area contributed by atoms with E-state index in [9.17, 15) is 14.7 Å². The number of hydrogen-bond donors (Lipinski definition) is 2. The van der Waals surface area contributed by atoms with Gasteiger partial charge in [-0.25, -0.2) is 0 Å². The smallest absolute Gasteiger partial charge is 0.298 e. The van der Waals surface area contributed by atoms with Crippen molar-refractivity contribution < 1.29 is 14.7 Å². The minimum Gasteiger partial charge on any atom is -0.508 e. The zero-order valence-electron chi connectivity index (χ0n) is 15.6. The third-order valence-corrected chi connectivity index (χ3v) is 5.96. The van der Waals surface area contributed by atoms with Gasteiger partial charge in [-0.2, -0.15) is 0 Å². The summed E-state index contributed by atoms with van der Waals surface area (Å²) in [6.45, 7) is 0. The second kappa shape index (κ2) is 8.36. The molecule has 0 saturated heterocycles. The van der Waals surface area contributed by atoms with Gasteiger partial charge in [0, 0.05) is 10.4 Å². The van der Waals surface area contributed by atoms with Crippen LogP contribution in [0.15, 0.2) is 64.8 Å². The highest BCUT2D eigenvalue weighted by atomic mass is 32.1. The molecule has 0 aliphatic heterocycles. The van der Waals surface area contributed by atoms with Crippen LogP contribution in [0.5, 0.6) is 5.75 Å². The van der Waals surface area contributed by atoms with E-state index >= 15 is 0 Å². The van der Waals surface area contributed by atoms with Crippen molar-refractivity contribution in [2.75, 3.05) is 5.32 Å². The standard InChI is InChI=1S/C22H19N3O3S/c26-16-12-10-15(11-13-16)24-25-21(28)19-17-8-4-5-9-18(17)29-22(19)23-20(27)14-6-2-1-3-7-14/h1-3,6-7,10-13,26H,4-5,8-9H2,(H,23,27). The van der Waals surface area contributed by atoms with Crippen molar-refractivity contribution in [3.8, 4) is 5.75 Å². The van der Waals surface area contributed by atoms with E-state index in [2.05, 4.69) is 15.5 Å². The largest absolute Gasteiger partial charge is 0.508 e. The average molecular weight is 405 g/mol. The zero-order chi connectivity index (χ0) is 20.2. The summed E-state index contributed by atoms with van der Waals surface area (Å²) < 4.78 is 0. The number of carbonyl (C=O) groups is 2. The van der Waals surface area contributed by atoms with E-state index in [1.165, 1.54) is 23.5 Å². The lowest BCUT2D eigenvalue weighted by Crippen LogP contribution is -2.13. The summed E-state index contributed by atoms with van der Waals surface area (Å²) in [5, 5.41) is 20.6. The van der Waals surface area contributed by atoms with Crippen LogP contribution in [0.3, 0.4) is 0 Å². The lowest BCUT2D eigenvalue weighted by molar-refractivity contribution is 0.0995. The van der Waals surface area contributed by atoms with Gasteiger partial charge in [-0.15, -0.1) is 21.6 Å². The van der Waals surface area contributed by atoms with Gasteiger partial charge in [0.1, 0.15) is 10.8 Å². The van der Waals surface area contributed by atoms with Crippen LogP contribution in [0.1, 0.15) is 44.0 Å². The molecule has 0 atom stereocenters. The minimum absolute atomic E-state index is 0.119. The third kappa shape index (κ3) is 4.25. The van der Waals surface area contributed by atoms with E-state index in [4.69, 9.17) is 0 Å². The van der Waals surface area contributed by atoms with Crippen molar-refractivity contribution in [1.29, 1.82) is 0 Å². The van der Waals surface area contributed by atoms with Crippen LogP contribution in [0.2, 0.25) is 0 Å². The van der Waals surface area contributed by atoms with Crippen molar-refractivity contribution in [3.05, 3.63) is 76.2 Å². The molecule has 2 aromatic carbocycles. The first-order chi connectivity index (χ1) is 14.1. The van der Waals surface area contributed by atoms with E-state index in [0.29, 0.717) is 21.8 Å². The van der Waals surface area contributed by atoms with Crippen molar-refractivity contribution >= 4 is 33.8 Å². The number of aromatic hydroxyl groups is 1. The van der Waals surface area contributed by atoms with E-state index in [-0.39, 0.29) is 11.7 Å². The molecule has 7 heteroatoms. The monoisotopic (exact) mass is 405 g/mol. The van der Waals surface area contributed by atoms with E-state index < -0.39 is 5.91 Å². The fourth-order valence-electron chi connectivity index (χ4n) is 3.32. The molecule has 2 amide bonds. The molecule has 146 valence electrons. The third-order valence-electron chi connectivity index (χ3n) is 4.75. The van der Waals surface area contributed by atoms with Crippen LogP contribution >= 0.6 is 11.3 Å². The van der Waals surface area contributed by atoms with E-state index in [1.54, 1.807) is 36.4 Å². The normalized spacial score (nSPS) is 13.2. The van der Waals surface area contributed by atoms with Crippen molar-refractivity contribution in [3.63, 3.8) is 0 Å². The Morgan fingerprint density at radius 3 is 2.45 bits per heavy atom. The molecule has 29 heavy (non-hydrogen) atoms. The highest BCUT2D eigenvalue weighted by Gasteiger charge is 2.26. The molecule has 6 nitrogen and oxygen atoms in total. The Hall–Kier alpha value is -3.32. The molecule has 0 spiro atoms. The molecular formula is C22H19N3O3S. The Bertz CT molecular complexity index is 1070. The van der Waals surface area contributed by atoms with Crippen LogP contribution in [0.4, 0.5) is 10.7 Å². The fourth-order valence-corrected chi connectivity index (χ4v) is 4.59. The Morgan fingerprint density at radius 2 is 1.69 bits per heavy atom. The Labute approximate surface area is 171 Å². The quantitative estimate of drug-likeness (QED) is 0.561. The highest BCUT2D eigenvalue weighted by molar-refractivity contribution is 7.17. The van der Waals surface area contributed by atoms with Crippen LogP contribution in [0.25, 0.3) is 0 Å². The molecule has 0 bridgehead atoms. The summed E-state index contributed by atoms with van der Waals surface area (Å²) in [5.74, 6) is -0.609. The number of hydrogen-bond acceptors (Lipinski definition) is 5. The van der Waals surface area contributed by atoms with E-state index in [1.807, 2.05) is 6.07 Å². The molecule has 0 unspecified atom stereocenters. The number of thiophene rings is 1. The fraction of sp³-hybridized carbons (Fsp3) is 0.182. The number of amides is 2. The molecule has 1 aromatic heterocycles. The number of fused-ring (bicyclic) bond motifs is 1. The summed E-state index contributed by atoms with van der Waals surface area (Å²) >= 11 is 1.45. The maximum absolute atomic E-state index is 12.9. The van der Waals surface area contributed by atoms with Gasteiger partial charge in [0.25, 0.3) is 11.8 Å². The number of phenols is 1. The second-order valence-corrected chi connectivity index (χ2v) is 7.86. The Balaban J connectivity index is 1.64. The second-order valence-electron chi connectivity index (χ2n) is 6.76. The topological polar surface area (TPSA) is 91.1 Å². The van der Waals surface area contributed by atoms with Crippen LogP contribution in [-0.2, 0) is 12.8 Å². The van der Waals surface area contributed by atoms with Gasteiger partial charge in [-0.3, -0.25) is 9.59 Å². The molecule has 2 N–H and O–H groups in total. The van der Waals surface area contributed by atoms with Gasteiger partial charge in [0.2, 0.25) is 0 Å². The van der Waals surface area contributed by atoms with Crippen LogP contribution in [0, 0.1) is 0 Å². The molecule has 3 aromatic rings. The maximum atomic E-state index is 12.9. The summed E-state index contributed by atoms with van der Waals surface area (Å²) in [6.07, 6.45) is 3.77. The number of benzene rings is 2. The van der Waals surface area contributed by atoms with Gasteiger partial charge in [0.05, 0.1) is 11.3 Å². The summed E-state index contributed by atoms with van der Waals surface area (Å²) in [5.41, 5.74) is 2.41. The predicted molar refractivity (Wildman–Crippen MR) is 112 cm³/mol. The number of rotatable bonds is 4. The van der Waals surface area contributed by atoms with Gasteiger partial charge < -0.3 is 10.4 Å². The first-order valence-corrected chi connectivity index (χ1v) is 10.2. The summed E-state index contributed by atoms with van der Waals surface area (Å²) in [4.78, 5) is 26.6. The van der Waals surface area contributed by atoms with Crippen molar-refractivity contribution in [2.45, 2.75) is 25.7 Å². The number of nitrogens with one attached hydrogen (secondary N) is 1. The first kappa shape index (κ1) is 19.0. The van der Waals surface area contributed by atoms with Crippen molar-refractivity contribution in [1.82, 2.24) is 0 Å². The first-order valence-electron chi connectivity index (χ1n) is 9.38.